The third kappa shape index (κ3) is 4.02. The number of alkyl halides is 3. The smallest absolute Gasteiger partial charge is 0.322 e. The number of aromatic nitrogens is 2. The third-order valence-corrected chi connectivity index (χ3v) is 4.18. The number of anilines is 1. The highest BCUT2D eigenvalue weighted by molar-refractivity contribution is 6.05. The van der Waals surface area contributed by atoms with Gasteiger partial charge in [-0.05, 0) is 68.3 Å². The molecular weight excluding hydrogens is 355 g/mol. The highest BCUT2D eigenvalue weighted by Gasteiger charge is 2.30. The lowest BCUT2D eigenvalue weighted by atomic mass is 10.1. The zero-order valence-corrected chi connectivity index (χ0v) is 15.1. The summed E-state index contributed by atoms with van der Waals surface area (Å²) < 4.78 is 39.5. The minimum Gasteiger partial charge on any atom is -0.322 e. The Bertz CT molecular complexity index is 968. The first-order valence-corrected chi connectivity index (χ1v) is 8.27. The fourth-order valence-electron chi connectivity index (χ4n) is 2.91. The van der Waals surface area contributed by atoms with Crippen molar-refractivity contribution in [2.75, 3.05) is 5.32 Å². The summed E-state index contributed by atoms with van der Waals surface area (Å²) in [5.41, 5.74) is 3.52. The van der Waals surface area contributed by atoms with Gasteiger partial charge in [-0.1, -0.05) is 6.07 Å². The van der Waals surface area contributed by atoms with Crippen LogP contribution in [0.5, 0.6) is 0 Å². The van der Waals surface area contributed by atoms with Gasteiger partial charge in [-0.3, -0.25) is 4.79 Å². The standard InChI is InChI=1S/C20H18F3N3O/c1-12-8-13(2)10-17(9-12)26-14(3)18(11-24-26)19(27)25-16-6-4-15(5-7-16)20(21,22)23/h4-11H,1-3H3,(H,25,27). The Kier molecular flexibility index (Phi) is 4.78. The van der Waals surface area contributed by atoms with Crippen molar-refractivity contribution in [2.45, 2.75) is 26.9 Å². The van der Waals surface area contributed by atoms with Crippen LogP contribution in [0.4, 0.5) is 18.9 Å². The first-order chi connectivity index (χ1) is 12.6. The average molecular weight is 373 g/mol. The molecular formula is C20H18F3N3O. The molecule has 0 unspecified atom stereocenters. The molecule has 0 atom stereocenters. The van der Waals surface area contributed by atoms with E-state index in [4.69, 9.17) is 0 Å². The fraction of sp³-hybridized carbons (Fsp3) is 0.200. The molecule has 0 aliphatic rings. The molecule has 0 aliphatic heterocycles. The molecule has 1 heterocycles. The van der Waals surface area contributed by atoms with E-state index in [0.29, 0.717) is 11.3 Å². The van der Waals surface area contributed by atoms with E-state index in [2.05, 4.69) is 10.4 Å². The van der Waals surface area contributed by atoms with Crippen LogP contribution in [-0.2, 0) is 6.18 Å². The SMILES string of the molecule is Cc1cc(C)cc(-n2ncc(C(=O)Nc3ccc(C(F)(F)F)cc3)c2C)c1. The first-order valence-electron chi connectivity index (χ1n) is 8.27. The molecule has 1 N–H and O–H groups in total. The second-order valence-electron chi connectivity index (χ2n) is 6.43. The van der Waals surface area contributed by atoms with Crippen LogP contribution >= 0.6 is 0 Å². The number of hydrogen-bond acceptors (Lipinski definition) is 2. The Hall–Kier alpha value is -3.09. The Balaban J connectivity index is 1.83. The minimum atomic E-state index is -4.41. The van der Waals surface area contributed by atoms with Gasteiger partial charge in [0.15, 0.2) is 0 Å². The zero-order valence-electron chi connectivity index (χ0n) is 15.1. The summed E-state index contributed by atoms with van der Waals surface area (Å²) >= 11 is 0. The van der Waals surface area contributed by atoms with E-state index >= 15 is 0 Å². The van der Waals surface area contributed by atoms with Gasteiger partial charge in [0.05, 0.1) is 28.7 Å². The number of nitrogens with zero attached hydrogens (tertiary/aromatic N) is 2. The number of amides is 1. The van der Waals surface area contributed by atoms with Gasteiger partial charge < -0.3 is 5.32 Å². The van der Waals surface area contributed by atoms with Crippen molar-refractivity contribution >= 4 is 11.6 Å². The van der Waals surface area contributed by atoms with Gasteiger partial charge in [-0.2, -0.15) is 18.3 Å². The molecule has 27 heavy (non-hydrogen) atoms. The third-order valence-electron chi connectivity index (χ3n) is 4.18. The molecule has 2 aromatic carbocycles. The van der Waals surface area contributed by atoms with Gasteiger partial charge in [-0.25, -0.2) is 4.68 Å². The molecule has 7 heteroatoms. The average Bonchev–Trinajstić information content (AvgIpc) is 2.95. The van der Waals surface area contributed by atoms with E-state index in [1.807, 2.05) is 32.0 Å². The summed E-state index contributed by atoms with van der Waals surface area (Å²) in [6.07, 6.45) is -2.96. The molecule has 1 amide bonds. The molecule has 140 valence electrons. The Morgan fingerprint density at radius 2 is 1.59 bits per heavy atom. The second-order valence-corrected chi connectivity index (χ2v) is 6.43. The molecule has 3 aromatic rings. The Morgan fingerprint density at radius 1 is 1.00 bits per heavy atom. The van der Waals surface area contributed by atoms with Crippen molar-refractivity contribution in [3.05, 3.63) is 76.6 Å². The molecule has 0 saturated carbocycles. The molecule has 0 fully saturated rings. The maximum Gasteiger partial charge on any atom is 0.416 e. The lowest BCUT2D eigenvalue weighted by Crippen LogP contribution is -2.13. The van der Waals surface area contributed by atoms with Crippen LogP contribution in [0, 0.1) is 20.8 Å². The van der Waals surface area contributed by atoms with E-state index in [-0.39, 0.29) is 5.69 Å². The van der Waals surface area contributed by atoms with Crippen molar-refractivity contribution in [3.8, 4) is 5.69 Å². The Labute approximate surface area is 154 Å². The van der Waals surface area contributed by atoms with Gasteiger partial charge in [0.1, 0.15) is 0 Å². The van der Waals surface area contributed by atoms with E-state index in [0.717, 1.165) is 28.9 Å². The highest BCUT2D eigenvalue weighted by atomic mass is 19.4. The number of benzene rings is 2. The summed E-state index contributed by atoms with van der Waals surface area (Å²) in [5, 5.41) is 6.89. The van der Waals surface area contributed by atoms with Crippen LogP contribution in [0.1, 0.15) is 32.7 Å². The maximum absolute atomic E-state index is 12.6. The van der Waals surface area contributed by atoms with Crippen molar-refractivity contribution < 1.29 is 18.0 Å². The number of aryl methyl sites for hydroxylation is 2. The second kappa shape index (κ2) is 6.90. The maximum atomic E-state index is 12.6. The van der Waals surface area contributed by atoms with Crippen LogP contribution in [0.2, 0.25) is 0 Å². The van der Waals surface area contributed by atoms with Gasteiger partial charge in [-0.15, -0.1) is 0 Å². The first kappa shape index (κ1) is 18.7. The summed E-state index contributed by atoms with van der Waals surface area (Å²) in [7, 11) is 0. The van der Waals surface area contributed by atoms with Gasteiger partial charge >= 0.3 is 6.18 Å². The Morgan fingerprint density at radius 3 is 2.15 bits per heavy atom. The lowest BCUT2D eigenvalue weighted by Gasteiger charge is -2.10. The molecule has 4 nitrogen and oxygen atoms in total. The van der Waals surface area contributed by atoms with Gasteiger partial charge in [0, 0.05) is 5.69 Å². The normalized spacial score (nSPS) is 11.5. The largest absolute Gasteiger partial charge is 0.416 e. The predicted octanol–water partition coefficient (Wildman–Crippen LogP) is 5.07. The summed E-state index contributed by atoms with van der Waals surface area (Å²) in [6.45, 7) is 5.73. The topological polar surface area (TPSA) is 46.9 Å². The van der Waals surface area contributed by atoms with E-state index in [1.165, 1.54) is 18.3 Å². The predicted molar refractivity (Wildman–Crippen MR) is 97.2 cm³/mol. The van der Waals surface area contributed by atoms with Crippen LogP contribution in [0.15, 0.2) is 48.7 Å². The van der Waals surface area contributed by atoms with Crippen LogP contribution in [0.3, 0.4) is 0 Å². The number of rotatable bonds is 3. The van der Waals surface area contributed by atoms with Gasteiger partial charge in [0.2, 0.25) is 0 Å². The van der Waals surface area contributed by atoms with Crippen molar-refractivity contribution in [3.63, 3.8) is 0 Å². The molecule has 0 radical (unpaired) electrons. The number of carbonyl (C=O) groups is 1. The lowest BCUT2D eigenvalue weighted by molar-refractivity contribution is -0.137. The van der Waals surface area contributed by atoms with E-state index < -0.39 is 17.6 Å². The highest BCUT2D eigenvalue weighted by Crippen LogP contribution is 2.30. The summed E-state index contributed by atoms with van der Waals surface area (Å²) in [6, 6.07) is 10.3. The summed E-state index contributed by atoms with van der Waals surface area (Å²) in [5.74, 6) is -0.428. The summed E-state index contributed by atoms with van der Waals surface area (Å²) in [4.78, 5) is 12.5. The van der Waals surface area contributed by atoms with E-state index in [1.54, 1.807) is 11.6 Å². The molecule has 0 aliphatic carbocycles. The van der Waals surface area contributed by atoms with Crippen LogP contribution in [0.25, 0.3) is 5.69 Å². The van der Waals surface area contributed by atoms with Crippen molar-refractivity contribution in [1.29, 1.82) is 0 Å². The molecule has 0 bridgehead atoms. The molecule has 3 rings (SSSR count). The van der Waals surface area contributed by atoms with Crippen molar-refractivity contribution in [1.82, 2.24) is 9.78 Å². The molecule has 1 aromatic heterocycles. The molecule has 0 spiro atoms. The van der Waals surface area contributed by atoms with Crippen LogP contribution < -0.4 is 5.32 Å². The fourth-order valence-corrected chi connectivity index (χ4v) is 2.91. The monoisotopic (exact) mass is 373 g/mol. The zero-order chi connectivity index (χ0) is 19.8. The number of nitrogens with one attached hydrogen (secondary N) is 1. The number of halogens is 3. The van der Waals surface area contributed by atoms with Gasteiger partial charge in [0.25, 0.3) is 5.91 Å². The molecule has 0 saturated heterocycles. The van der Waals surface area contributed by atoms with Crippen LogP contribution in [-0.4, -0.2) is 15.7 Å². The number of hydrogen-bond donors (Lipinski definition) is 1. The van der Waals surface area contributed by atoms with E-state index in [9.17, 15) is 18.0 Å². The quantitative estimate of drug-likeness (QED) is 0.697. The van der Waals surface area contributed by atoms with Crippen molar-refractivity contribution in [2.24, 2.45) is 0 Å². The minimum absolute atomic E-state index is 0.284. The number of carbonyl (C=O) groups excluding carboxylic acids is 1.